The van der Waals surface area contributed by atoms with Crippen LogP contribution in [0, 0.1) is 17.8 Å². The van der Waals surface area contributed by atoms with Crippen LogP contribution in [0.25, 0.3) is 11.1 Å². The molecule has 3 aliphatic rings. The van der Waals surface area contributed by atoms with Crippen molar-refractivity contribution in [1.29, 1.82) is 0 Å². The number of ether oxygens (including phenoxy) is 2. The Kier molecular flexibility index (Phi) is 7.98. The molecule has 3 aliphatic carbocycles. The van der Waals surface area contributed by atoms with Gasteiger partial charge in [0, 0.05) is 12.0 Å². The third-order valence-electron chi connectivity index (χ3n) is 9.24. The first kappa shape index (κ1) is 28.0. The average Bonchev–Trinajstić information content (AvgIpc) is 3.70. The number of carboxylic acids is 1. The van der Waals surface area contributed by atoms with Gasteiger partial charge in [-0.2, -0.15) is 0 Å². The number of hydrogen-bond acceptors (Lipinski definition) is 5. The second kappa shape index (κ2) is 12.0. The van der Waals surface area contributed by atoms with E-state index in [-0.39, 0.29) is 31.0 Å². The number of aliphatic carboxylic acids is 1. The Morgan fingerprint density at radius 2 is 1.50 bits per heavy atom. The normalized spacial score (nSPS) is 23.5. The zero-order chi connectivity index (χ0) is 29.2. The van der Waals surface area contributed by atoms with Crippen LogP contribution < -0.4 is 10.6 Å². The Labute approximate surface area is 245 Å². The topological polar surface area (TPSA) is 114 Å². The molecule has 3 N–H and O–H groups in total. The molecule has 0 aliphatic heterocycles. The molecule has 0 spiro atoms. The fourth-order valence-electron chi connectivity index (χ4n) is 7.17. The number of carbonyl (C=O) groups is 3. The number of alkyl carbamates (subject to hydrolysis) is 1. The minimum absolute atomic E-state index is 0.0677. The van der Waals surface area contributed by atoms with E-state index < -0.39 is 42.1 Å². The van der Waals surface area contributed by atoms with Gasteiger partial charge < -0.3 is 25.2 Å². The summed E-state index contributed by atoms with van der Waals surface area (Å²) in [4.78, 5) is 38.9. The lowest BCUT2D eigenvalue weighted by Crippen LogP contribution is -2.57. The van der Waals surface area contributed by atoms with Gasteiger partial charge in [0.05, 0.1) is 18.6 Å². The lowest BCUT2D eigenvalue weighted by molar-refractivity contribution is -0.145. The van der Waals surface area contributed by atoms with Crippen LogP contribution >= 0.6 is 0 Å². The van der Waals surface area contributed by atoms with Crippen molar-refractivity contribution in [2.24, 2.45) is 17.8 Å². The number of hydrogen-bond donors (Lipinski definition) is 3. The lowest BCUT2D eigenvalue weighted by atomic mass is 9.84. The predicted octanol–water partition coefficient (Wildman–Crippen LogP) is 5.11. The molecule has 2 saturated carbocycles. The van der Waals surface area contributed by atoms with Crippen molar-refractivity contribution in [2.45, 2.75) is 56.9 Å². The van der Waals surface area contributed by atoms with Gasteiger partial charge in [0.2, 0.25) is 5.91 Å². The first-order valence-corrected chi connectivity index (χ1v) is 14.7. The highest BCUT2D eigenvalue weighted by Gasteiger charge is 2.52. The third-order valence-corrected chi connectivity index (χ3v) is 9.24. The number of carbonyl (C=O) groups excluding carboxylic acids is 2. The number of benzene rings is 3. The van der Waals surface area contributed by atoms with Crippen molar-refractivity contribution in [3.63, 3.8) is 0 Å². The maximum Gasteiger partial charge on any atom is 0.407 e. The van der Waals surface area contributed by atoms with E-state index in [9.17, 15) is 19.5 Å². The molecule has 8 heteroatoms. The van der Waals surface area contributed by atoms with Crippen LogP contribution in [-0.4, -0.2) is 47.9 Å². The van der Waals surface area contributed by atoms with Crippen molar-refractivity contribution in [3.8, 4) is 11.1 Å². The van der Waals surface area contributed by atoms with E-state index in [1.165, 1.54) is 0 Å². The van der Waals surface area contributed by atoms with Crippen molar-refractivity contribution in [1.82, 2.24) is 10.6 Å². The Morgan fingerprint density at radius 3 is 2.17 bits per heavy atom. The second-order valence-electron chi connectivity index (χ2n) is 11.7. The number of carboxylic acid groups (broad SMARTS) is 1. The summed E-state index contributed by atoms with van der Waals surface area (Å²) in [6, 6.07) is 24.2. The van der Waals surface area contributed by atoms with E-state index in [4.69, 9.17) is 9.47 Å². The molecule has 3 aromatic rings. The maximum absolute atomic E-state index is 13.7. The summed E-state index contributed by atoms with van der Waals surface area (Å²) in [5.41, 5.74) is 5.37. The van der Waals surface area contributed by atoms with Crippen LogP contribution in [0.15, 0.2) is 78.9 Å². The molecule has 0 aromatic heterocycles. The fourth-order valence-corrected chi connectivity index (χ4v) is 7.17. The summed E-state index contributed by atoms with van der Waals surface area (Å²) in [6.45, 7) is 2.09. The molecule has 2 bridgehead atoms. The van der Waals surface area contributed by atoms with E-state index in [1.807, 2.05) is 66.7 Å². The smallest absolute Gasteiger partial charge is 0.407 e. The first-order valence-electron chi connectivity index (χ1n) is 14.7. The summed E-state index contributed by atoms with van der Waals surface area (Å²) >= 11 is 0. The van der Waals surface area contributed by atoms with E-state index >= 15 is 0 Å². The molecule has 6 rings (SSSR count). The minimum Gasteiger partial charge on any atom is -0.481 e. The largest absolute Gasteiger partial charge is 0.481 e. The van der Waals surface area contributed by atoms with Crippen molar-refractivity contribution < 1.29 is 29.0 Å². The van der Waals surface area contributed by atoms with Crippen LogP contribution in [0.5, 0.6) is 0 Å². The van der Waals surface area contributed by atoms with Crippen molar-refractivity contribution in [3.05, 3.63) is 95.6 Å². The molecular weight excluding hydrogens is 532 g/mol. The number of rotatable bonds is 10. The highest BCUT2D eigenvalue weighted by molar-refractivity contribution is 5.87. The van der Waals surface area contributed by atoms with Crippen LogP contribution in [0.1, 0.15) is 48.8 Å². The Bertz CT molecular complexity index is 1410. The molecule has 0 heterocycles. The molecule has 42 heavy (non-hydrogen) atoms. The van der Waals surface area contributed by atoms with Gasteiger partial charge in [0.1, 0.15) is 12.6 Å². The number of fused-ring (bicyclic) bond motifs is 5. The molecule has 3 aromatic carbocycles. The Morgan fingerprint density at radius 1 is 0.881 bits per heavy atom. The third kappa shape index (κ3) is 5.51. The highest BCUT2D eigenvalue weighted by atomic mass is 16.5. The monoisotopic (exact) mass is 568 g/mol. The zero-order valence-electron chi connectivity index (χ0n) is 23.6. The Balaban J connectivity index is 1.15. The van der Waals surface area contributed by atoms with Crippen LogP contribution in [0.4, 0.5) is 4.79 Å². The number of nitrogens with one attached hydrogen (secondary N) is 2. The summed E-state index contributed by atoms with van der Waals surface area (Å²) in [5.74, 6) is -1.90. The molecule has 0 saturated heterocycles. The van der Waals surface area contributed by atoms with Gasteiger partial charge in [0.15, 0.2) is 0 Å². The van der Waals surface area contributed by atoms with Gasteiger partial charge in [-0.15, -0.1) is 0 Å². The molecule has 2 amide bonds. The minimum atomic E-state index is -1.07. The van der Waals surface area contributed by atoms with Gasteiger partial charge in [-0.05, 0) is 65.8 Å². The molecule has 2 fully saturated rings. The van der Waals surface area contributed by atoms with Gasteiger partial charge in [-0.1, -0.05) is 78.9 Å². The van der Waals surface area contributed by atoms with E-state index in [2.05, 4.69) is 22.8 Å². The molecule has 218 valence electrons. The quantitative estimate of drug-likeness (QED) is 0.313. The number of amides is 2. The molecule has 0 radical (unpaired) electrons. The summed E-state index contributed by atoms with van der Waals surface area (Å²) < 4.78 is 11.8. The highest BCUT2D eigenvalue weighted by Crippen LogP contribution is 2.48. The lowest BCUT2D eigenvalue weighted by Gasteiger charge is -2.32. The van der Waals surface area contributed by atoms with Crippen LogP contribution in [0.2, 0.25) is 0 Å². The summed E-state index contributed by atoms with van der Waals surface area (Å²) in [6.07, 6.45) is 1.13. The first-order chi connectivity index (χ1) is 20.4. The summed E-state index contributed by atoms with van der Waals surface area (Å²) in [5, 5.41) is 15.6. The van der Waals surface area contributed by atoms with Gasteiger partial charge >= 0.3 is 12.1 Å². The van der Waals surface area contributed by atoms with Crippen molar-refractivity contribution in [2.75, 3.05) is 6.61 Å². The summed E-state index contributed by atoms with van der Waals surface area (Å²) in [7, 11) is 0. The van der Waals surface area contributed by atoms with E-state index in [0.717, 1.165) is 47.1 Å². The SMILES string of the molecule is C[C@H](OCc1ccccc1)[C@@H](NC(=O)OCC1c2ccccc2-c2ccccc21)C(=O)NC1C2CCC(C2)C1C(=O)O. The van der Waals surface area contributed by atoms with Gasteiger partial charge in [-0.25, -0.2) is 4.79 Å². The van der Waals surface area contributed by atoms with E-state index in [0.29, 0.717) is 0 Å². The molecular formula is C34H36N2O6. The van der Waals surface area contributed by atoms with E-state index in [1.54, 1.807) is 6.92 Å². The Hall–Kier alpha value is -4.17. The molecule has 6 atom stereocenters. The zero-order valence-corrected chi connectivity index (χ0v) is 23.6. The standard InChI is InChI=1S/C34H36N2O6/c1-20(41-18-21-9-3-2-4-10-21)30(32(37)35-31-23-16-15-22(17-23)29(31)33(38)39)36-34(40)42-19-28-26-13-7-5-11-24(26)25-12-6-8-14-27(25)28/h2-14,20,22-23,28-31H,15-19H2,1H3,(H,35,37)(H,36,40)(H,38,39)/t20-,22?,23?,29?,30+,31?/m0/s1. The average molecular weight is 569 g/mol. The maximum atomic E-state index is 13.7. The predicted molar refractivity (Wildman–Crippen MR) is 157 cm³/mol. The second-order valence-corrected chi connectivity index (χ2v) is 11.7. The van der Waals surface area contributed by atoms with Gasteiger partial charge in [-0.3, -0.25) is 9.59 Å². The molecule has 8 nitrogen and oxygen atoms in total. The van der Waals surface area contributed by atoms with Crippen molar-refractivity contribution >= 4 is 18.0 Å². The molecule has 4 unspecified atom stereocenters. The van der Waals surface area contributed by atoms with Crippen LogP contribution in [0.3, 0.4) is 0 Å². The van der Waals surface area contributed by atoms with Gasteiger partial charge in [0.25, 0.3) is 0 Å². The van der Waals surface area contributed by atoms with Crippen LogP contribution in [-0.2, 0) is 25.7 Å². The fraction of sp³-hybridized carbons (Fsp3) is 0.382.